The topological polar surface area (TPSA) is 40.2 Å². The van der Waals surface area contributed by atoms with Crippen LogP contribution in [0.2, 0.25) is 0 Å². The zero-order valence-electron chi connectivity index (χ0n) is 20.8. The molecule has 0 amide bonds. The van der Waals surface area contributed by atoms with Gasteiger partial charge in [-0.15, -0.1) is 0 Å². The number of nitrogens with zero attached hydrogens (tertiary/aromatic N) is 1. The average Bonchev–Trinajstić information content (AvgIpc) is 2.87. The van der Waals surface area contributed by atoms with Gasteiger partial charge in [-0.25, -0.2) is 0 Å². The molecule has 0 saturated heterocycles. The maximum atomic E-state index is 5.64. The second-order valence-corrected chi connectivity index (χ2v) is 7.79. The molecule has 0 N–H and O–H groups in total. The molecule has 174 valence electrons. The van der Waals surface area contributed by atoms with Crippen molar-refractivity contribution in [3.63, 3.8) is 0 Å². The fourth-order valence-electron chi connectivity index (χ4n) is 4.91. The van der Waals surface area contributed by atoms with Gasteiger partial charge >= 0.3 is 0 Å². The molecule has 0 saturated carbocycles. The Kier molecular flexibility index (Phi) is 7.73. The van der Waals surface area contributed by atoms with Gasteiger partial charge < -0.3 is 18.9 Å². The van der Waals surface area contributed by atoms with Gasteiger partial charge in [0.05, 0.1) is 28.4 Å². The molecular weight excluding hydrogens is 402 g/mol. The molecule has 1 aliphatic rings. The van der Waals surface area contributed by atoms with E-state index in [4.69, 9.17) is 18.9 Å². The first kappa shape index (κ1) is 24.0. The molecule has 0 radical (unpaired) electrons. The summed E-state index contributed by atoms with van der Waals surface area (Å²) < 4.78 is 22.5. The molecular formula is C27H37NO4. The van der Waals surface area contributed by atoms with Crippen LogP contribution in [0.15, 0.2) is 24.3 Å². The maximum Gasteiger partial charge on any atom is 0.161 e. The molecule has 0 aliphatic carbocycles. The van der Waals surface area contributed by atoms with Crippen molar-refractivity contribution in [2.24, 2.45) is 0 Å². The van der Waals surface area contributed by atoms with Crippen molar-refractivity contribution in [2.45, 2.75) is 53.1 Å². The third kappa shape index (κ3) is 3.95. The van der Waals surface area contributed by atoms with Crippen molar-refractivity contribution in [1.82, 2.24) is 4.90 Å². The predicted molar refractivity (Wildman–Crippen MR) is 133 cm³/mol. The molecule has 5 nitrogen and oxygen atoms in total. The van der Waals surface area contributed by atoms with Crippen LogP contribution in [0, 0.1) is 0 Å². The molecule has 0 bridgehead atoms. The largest absolute Gasteiger partial charge is 0.493 e. The van der Waals surface area contributed by atoms with E-state index >= 15 is 0 Å². The summed E-state index contributed by atoms with van der Waals surface area (Å²) in [6, 6.07) is 8.98. The lowest BCUT2D eigenvalue weighted by Crippen LogP contribution is -2.39. The van der Waals surface area contributed by atoms with Crippen LogP contribution in [-0.2, 0) is 13.0 Å². The molecule has 0 spiro atoms. The standard InChI is InChI=1S/C25H31NO4.C2H6/c1-7-15-9-16-17-10-22(27-3)23(28-4)11-18(17)19-12-24(29-5)25(30-6)13-20(19)21(16)14-26(15)8-2;1-2/h10-13,15H,7-9,14H2,1-6H3;1-2H3. The first-order chi connectivity index (χ1) is 15.6. The Labute approximate surface area is 192 Å². The van der Waals surface area contributed by atoms with Crippen LogP contribution >= 0.6 is 0 Å². The molecule has 0 fully saturated rings. The molecule has 3 aromatic carbocycles. The number of fused-ring (bicyclic) bond motifs is 6. The van der Waals surface area contributed by atoms with E-state index in [-0.39, 0.29) is 0 Å². The second kappa shape index (κ2) is 10.3. The fraction of sp³-hybridized carbons (Fsp3) is 0.481. The summed E-state index contributed by atoms with van der Waals surface area (Å²) in [5.74, 6) is 2.99. The first-order valence-corrected chi connectivity index (χ1v) is 11.6. The van der Waals surface area contributed by atoms with Crippen molar-refractivity contribution in [1.29, 1.82) is 0 Å². The van der Waals surface area contributed by atoms with Crippen molar-refractivity contribution in [3.05, 3.63) is 35.4 Å². The first-order valence-electron chi connectivity index (χ1n) is 11.6. The lowest BCUT2D eigenvalue weighted by Gasteiger charge is -2.37. The number of rotatable bonds is 6. The van der Waals surface area contributed by atoms with E-state index in [1.807, 2.05) is 13.8 Å². The third-order valence-corrected chi connectivity index (χ3v) is 6.55. The van der Waals surface area contributed by atoms with Gasteiger partial charge in [0.25, 0.3) is 0 Å². The van der Waals surface area contributed by atoms with Gasteiger partial charge in [-0.05, 0) is 76.3 Å². The summed E-state index contributed by atoms with van der Waals surface area (Å²) in [7, 11) is 6.74. The monoisotopic (exact) mass is 439 g/mol. The highest BCUT2D eigenvalue weighted by Gasteiger charge is 2.28. The van der Waals surface area contributed by atoms with E-state index < -0.39 is 0 Å². The highest BCUT2D eigenvalue weighted by atomic mass is 16.5. The van der Waals surface area contributed by atoms with Crippen molar-refractivity contribution < 1.29 is 18.9 Å². The average molecular weight is 440 g/mol. The van der Waals surface area contributed by atoms with Gasteiger partial charge in [-0.2, -0.15) is 0 Å². The summed E-state index contributed by atoms with van der Waals surface area (Å²) in [6.45, 7) is 10.5. The van der Waals surface area contributed by atoms with Gasteiger partial charge in [0.1, 0.15) is 0 Å². The van der Waals surface area contributed by atoms with Crippen molar-refractivity contribution in [3.8, 4) is 23.0 Å². The predicted octanol–water partition coefficient (Wildman–Crippen LogP) is 6.21. The lowest BCUT2D eigenvalue weighted by molar-refractivity contribution is 0.178. The molecule has 1 unspecified atom stereocenters. The zero-order valence-corrected chi connectivity index (χ0v) is 20.8. The molecule has 5 heteroatoms. The molecule has 1 heterocycles. The summed E-state index contributed by atoms with van der Waals surface area (Å²) >= 11 is 0. The Morgan fingerprint density at radius 3 is 1.47 bits per heavy atom. The molecule has 32 heavy (non-hydrogen) atoms. The van der Waals surface area contributed by atoms with Gasteiger partial charge in [0.2, 0.25) is 0 Å². The van der Waals surface area contributed by atoms with E-state index in [1.54, 1.807) is 28.4 Å². The van der Waals surface area contributed by atoms with Crippen LogP contribution in [-0.4, -0.2) is 45.9 Å². The number of ether oxygens (including phenoxy) is 4. The van der Waals surface area contributed by atoms with Crippen molar-refractivity contribution in [2.75, 3.05) is 35.0 Å². The van der Waals surface area contributed by atoms with Crippen LogP contribution in [0.25, 0.3) is 21.5 Å². The molecule has 1 aliphatic heterocycles. The van der Waals surface area contributed by atoms with Gasteiger partial charge in [0, 0.05) is 12.6 Å². The van der Waals surface area contributed by atoms with Crippen LogP contribution in [0.5, 0.6) is 23.0 Å². The maximum absolute atomic E-state index is 5.64. The quantitative estimate of drug-likeness (QED) is 0.427. The highest BCUT2D eigenvalue weighted by molar-refractivity contribution is 6.12. The minimum Gasteiger partial charge on any atom is -0.493 e. The number of hydrogen-bond acceptors (Lipinski definition) is 5. The Balaban J connectivity index is 0.00000141. The number of methoxy groups -OCH3 is 4. The Hall–Kier alpha value is -2.66. The third-order valence-electron chi connectivity index (χ3n) is 6.55. The molecule has 1 atom stereocenters. The second-order valence-electron chi connectivity index (χ2n) is 7.79. The van der Waals surface area contributed by atoms with Crippen LogP contribution < -0.4 is 18.9 Å². The number of hydrogen-bond donors (Lipinski definition) is 0. The smallest absolute Gasteiger partial charge is 0.161 e. The minimum absolute atomic E-state index is 0.538. The van der Waals surface area contributed by atoms with Crippen LogP contribution in [0.1, 0.15) is 45.2 Å². The molecule has 3 aromatic rings. The van der Waals surface area contributed by atoms with Crippen molar-refractivity contribution >= 4 is 21.5 Å². The van der Waals surface area contributed by atoms with E-state index in [0.717, 1.165) is 59.7 Å². The minimum atomic E-state index is 0.538. The van der Waals surface area contributed by atoms with Crippen LogP contribution in [0.3, 0.4) is 0 Å². The van der Waals surface area contributed by atoms with Gasteiger partial charge in [-0.3, -0.25) is 4.90 Å². The number of benzene rings is 3. The summed E-state index contributed by atoms with van der Waals surface area (Å²) in [6.07, 6.45) is 2.15. The Morgan fingerprint density at radius 2 is 1.09 bits per heavy atom. The zero-order chi connectivity index (χ0) is 23.4. The van der Waals surface area contributed by atoms with E-state index in [0.29, 0.717) is 6.04 Å². The van der Waals surface area contributed by atoms with Crippen LogP contribution in [0.4, 0.5) is 0 Å². The Bertz CT molecular complexity index is 1010. The fourth-order valence-corrected chi connectivity index (χ4v) is 4.91. The molecule has 0 aromatic heterocycles. The Morgan fingerprint density at radius 1 is 0.688 bits per heavy atom. The van der Waals surface area contributed by atoms with E-state index in [1.165, 1.54) is 21.9 Å². The van der Waals surface area contributed by atoms with E-state index in [9.17, 15) is 0 Å². The normalized spacial score (nSPS) is 15.7. The molecule has 4 rings (SSSR count). The van der Waals surface area contributed by atoms with Gasteiger partial charge in [-0.1, -0.05) is 27.7 Å². The summed E-state index contributed by atoms with van der Waals surface area (Å²) in [5, 5.41) is 4.75. The summed E-state index contributed by atoms with van der Waals surface area (Å²) in [4.78, 5) is 2.57. The number of likely N-dealkylation sites (N-methyl/N-ethyl adjacent to an activating group) is 1. The SMILES string of the molecule is CC.CCC1Cc2c(c3cc(OC)c(OC)cc3c3cc(OC)c(OC)cc23)CN1CC. The van der Waals surface area contributed by atoms with Gasteiger partial charge in [0.15, 0.2) is 23.0 Å². The van der Waals surface area contributed by atoms with E-state index in [2.05, 4.69) is 43.0 Å². The lowest BCUT2D eigenvalue weighted by atomic mass is 9.84. The summed E-state index contributed by atoms with van der Waals surface area (Å²) in [5.41, 5.74) is 2.78. The highest BCUT2D eigenvalue weighted by Crippen LogP contribution is 2.45.